The number of rotatable bonds is 7. The molecule has 10 aromatic rings. The van der Waals surface area contributed by atoms with Crippen molar-refractivity contribution in [3.63, 3.8) is 0 Å². The van der Waals surface area contributed by atoms with Gasteiger partial charge in [-0.1, -0.05) is 209 Å². The summed E-state index contributed by atoms with van der Waals surface area (Å²) < 4.78 is 0. The summed E-state index contributed by atoms with van der Waals surface area (Å²) in [6.45, 7) is 8.98. The maximum Gasteiger partial charge on any atom is -0.00199 e. The van der Waals surface area contributed by atoms with Crippen LogP contribution in [-0.2, 0) is 6.42 Å². The first-order valence-corrected chi connectivity index (χ1v) is 21.1. The van der Waals surface area contributed by atoms with Crippen molar-refractivity contribution >= 4 is 43.1 Å². The Labute approximate surface area is 356 Å². The second kappa shape index (κ2) is 17.6. The summed E-state index contributed by atoms with van der Waals surface area (Å²) in [5.41, 5.74) is 14.3. The summed E-state index contributed by atoms with van der Waals surface area (Å²) >= 11 is 0. The number of aryl methyl sites for hydroxylation is 3. The third kappa shape index (κ3) is 7.86. The van der Waals surface area contributed by atoms with Crippen molar-refractivity contribution in [2.45, 2.75) is 48.0 Å². The second-order valence-corrected chi connectivity index (χ2v) is 16.4. The van der Waals surface area contributed by atoms with Crippen molar-refractivity contribution in [3.05, 3.63) is 217 Å². The molecule has 10 rings (SSSR count). The summed E-state index contributed by atoms with van der Waals surface area (Å²) in [5, 5.41) is 10.2. The zero-order valence-electron chi connectivity index (χ0n) is 34.5. The standard InChI is InChI=1S/C52H42.C7H8.CH4/c1-34(2)25-26-37-27-28-40(33-48(37)41-19-9-7-15-35(41)3)51-45-23-13-14-24-46(45)52(47-30-29-38(31-50(47)51)36-16-5-4-6-17-36)49-32-39-18-8-10-20-42(39)43-21-11-12-22-44(43)49;1-7-5-3-2-4-6-7;/h4-24,27-34H,25-26H2,1-3H3;2-6H,1H3;1H4. The van der Waals surface area contributed by atoms with Gasteiger partial charge in [-0.05, 0) is 150 Å². The molecule has 0 amide bonds. The largest absolute Gasteiger partial charge is 0.0776 e. The van der Waals surface area contributed by atoms with E-state index in [0.717, 1.165) is 6.42 Å². The molecule has 294 valence electrons. The molecule has 0 saturated heterocycles. The lowest BCUT2D eigenvalue weighted by atomic mass is 9.82. The molecule has 0 N–H and O–H groups in total. The molecule has 0 spiro atoms. The van der Waals surface area contributed by atoms with Gasteiger partial charge in [0.25, 0.3) is 0 Å². The van der Waals surface area contributed by atoms with Crippen LogP contribution >= 0.6 is 0 Å². The van der Waals surface area contributed by atoms with E-state index in [1.54, 1.807) is 0 Å². The molecule has 60 heavy (non-hydrogen) atoms. The van der Waals surface area contributed by atoms with E-state index in [4.69, 9.17) is 0 Å². The maximum atomic E-state index is 2.49. The highest BCUT2D eigenvalue weighted by molar-refractivity contribution is 6.26. The zero-order valence-corrected chi connectivity index (χ0v) is 34.5. The van der Waals surface area contributed by atoms with Gasteiger partial charge in [-0.2, -0.15) is 0 Å². The van der Waals surface area contributed by atoms with Crippen molar-refractivity contribution in [2.24, 2.45) is 5.92 Å². The topological polar surface area (TPSA) is 0 Å². The Bertz CT molecular complexity index is 3080. The van der Waals surface area contributed by atoms with Crippen LogP contribution in [-0.4, -0.2) is 0 Å². The fourth-order valence-corrected chi connectivity index (χ4v) is 8.91. The Balaban J connectivity index is 0.000000568. The fourth-order valence-electron chi connectivity index (χ4n) is 8.91. The van der Waals surface area contributed by atoms with E-state index in [1.165, 1.54) is 111 Å². The highest BCUT2D eigenvalue weighted by Gasteiger charge is 2.21. The summed E-state index contributed by atoms with van der Waals surface area (Å²) in [6, 6.07) is 73.6. The van der Waals surface area contributed by atoms with Crippen molar-refractivity contribution in [2.75, 3.05) is 0 Å². The van der Waals surface area contributed by atoms with Gasteiger partial charge in [-0.25, -0.2) is 0 Å². The first-order chi connectivity index (χ1) is 28.9. The third-order valence-electron chi connectivity index (χ3n) is 11.9. The molecule has 0 nitrogen and oxygen atoms in total. The highest BCUT2D eigenvalue weighted by atomic mass is 14.2. The predicted molar refractivity (Wildman–Crippen MR) is 264 cm³/mol. The molecule has 0 aromatic heterocycles. The van der Waals surface area contributed by atoms with Gasteiger partial charge in [0.05, 0.1) is 0 Å². The molecule has 0 heteroatoms. The molecule has 0 saturated carbocycles. The molecule has 0 fully saturated rings. The minimum absolute atomic E-state index is 0. The first-order valence-electron chi connectivity index (χ1n) is 21.1. The molecular weight excluding hydrogens is 721 g/mol. The SMILES string of the molecule is C.Cc1ccccc1.Cc1ccccc1-c1cc(-c2c3ccccc3c(-c3cc4ccccc4c4ccccc34)c3ccc(-c4ccccc4)cc23)ccc1CCC(C)C. The number of benzene rings is 10. The van der Waals surface area contributed by atoms with E-state index in [2.05, 4.69) is 210 Å². The molecule has 0 aliphatic heterocycles. The van der Waals surface area contributed by atoms with Crippen molar-refractivity contribution in [3.8, 4) is 44.5 Å². The summed E-state index contributed by atoms with van der Waals surface area (Å²) in [4.78, 5) is 0. The van der Waals surface area contributed by atoms with Crippen LogP contribution < -0.4 is 0 Å². The van der Waals surface area contributed by atoms with Crippen molar-refractivity contribution < 1.29 is 0 Å². The first kappa shape index (κ1) is 40.0. The number of hydrogen-bond acceptors (Lipinski definition) is 0. The van der Waals surface area contributed by atoms with Gasteiger partial charge in [0.2, 0.25) is 0 Å². The van der Waals surface area contributed by atoms with Crippen LogP contribution in [0, 0.1) is 19.8 Å². The van der Waals surface area contributed by atoms with Crippen molar-refractivity contribution in [1.82, 2.24) is 0 Å². The number of hydrogen-bond donors (Lipinski definition) is 0. The van der Waals surface area contributed by atoms with Crippen LogP contribution in [0.1, 0.15) is 44.4 Å². The predicted octanol–water partition coefficient (Wildman–Crippen LogP) is 17.5. The lowest BCUT2D eigenvalue weighted by Crippen LogP contribution is -1.98. The minimum Gasteiger partial charge on any atom is -0.0776 e. The lowest BCUT2D eigenvalue weighted by molar-refractivity contribution is 0.587. The molecular formula is C60H54. The van der Waals surface area contributed by atoms with Crippen LogP contribution in [0.5, 0.6) is 0 Å². The number of fused-ring (bicyclic) bond motifs is 5. The normalized spacial score (nSPS) is 11.2. The van der Waals surface area contributed by atoms with Gasteiger partial charge < -0.3 is 0 Å². The van der Waals surface area contributed by atoms with Gasteiger partial charge in [0.1, 0.15) is 0 Å². The van der Waals surface area contributed by atoms with Crippen LogP contribution in [0.4, 0.5) is 0 Å². The molecule has 0 radical (unpaired) electrons. The molecule has 0 heterocycles. The van der Waals surface area contributed by atoms with Gasteiger partial charge in [0.15, 0.2) is 0 Å². The van der Waals surface area contributed by atoms with E-state index < -0.39 is 0 Å². The third-order valence-corrected chi connectivity index (χ3v) is 11.9. The van der Waals surface area contributed by atoms with Crippen LogP contribution in [0.25, 0.3) is 87.6 Å². The van der Waals surface area contributed by atoms with Crippen LogP contribution in [0.2, 0.25) is 0 Å². The molecule has 0 bridgehead atoms. The Kier molecular flexibility index (Phi) is 11.8. The minimum atomic E-state index is 0. The summed E-state index contributed by atoms with van der Waals surface area (Å²) in [6.07, 6.45) is 2.23. The van der Waals surface area contributed by atoms with Gasteiger partial charge in [-0.15, -0.1) is 0 Å². The average molecular weight is 775 g/mol. The molecule has 10 aromatic carbocycles. The Morgan fingerprint density at radius 2 is 0.933 bits per heavy atom. The quantitative estimate of drug-likeness (QED) is 0.112. The van der Waals surface area contributed by atoms with Gasteiger partial charge >= 0.3 is 0 Å². The monoisotopic (exact) mass is 774 g/mol. The van der Waals surface area contributed by atoms with Gasteiger partial charge in [0, 0.05) is 0 Å². The summed E-state index contributed by atoms with van der Waals surface area (Å²) in [5.74, 6) is 0.646. The molecule has 0 atom stereocenters. The Hall–Kier alpha value is -6.76. The van der Waals surface area contributed by atoms with Crippen molar-refractivity contribution in [1.29, 1.82) is 0 Å². The van der Waals surface area contributed by atoms with E-state index in [9.17, 15) is 0 Å². The smallest absolute Gasteiger partial charge is 0.00199 e. The zero-order chi connectivity index (χ0) is 40.3. The highest BCUT2D eigenvalue weighted by Crippen LogP contribution is 2.48. The second-order valence-electron chi connectivity index (χ2n) is 16.4. The fraction of sp³-hybridized carbons (Fsp3) is 0.133. The van der Waals surface area contributed by atoms with Crippen LogP contribution in [0.15, 0.2) is 200 Å². The molecule has 0 aliphatic carbocycles. The maximum absolute atomic E-state index is 2.49. The van der Waals surface area contributed by atoms with E-state index in [1.807, 2.05) is 18.2 Å². The lowest BCUT2D eigenvalue weighted by Gasteiger charge is -2.21. The average Bonchev–Trinajstić information content (AvgIpc) is 3.28. The van der Waals surface area contributed by atoms with E-state index in [0.29, 0.717) is 5.92 Å². The van der Waals surface area contributed by atoms with Crippen LogP contribution in [0.3, 0.4) is 0 Å². The Morgan fingerprint density at radius 1 is 0.367 bits per heavy atom. The summed E-state index contributed by atoms with van der Waals surface area (Å²) in [7, 11) is 0. The van der Waals surface area contributed by atoms with Gasteiger partial charge in [-0.3, -0.25) is 0 Å². The molecule has 0 aliphatic rings. The van der Waals surface area contributed by atoms with E-state index in [-0.39, 0.29) is 7.43 Å². The van der Waals surface area contributed by atoms with E-state index >= 15 is 0 Å². The Morgan fingerprint density at radius 3 is 1.62 bits per heavy atom. The molecule has 0 unspecified atom stereocenters.